The Morgan fingerprint density at radius 3 is 2.32 bits per heavy atom. The normalized spacial score (nSPS) is 10.9. The maximum atomic E-state index is 13.7. The van der Waals surface area contributed by atoms with E-state index in [9.17, 15) is 17.6 Å². The van der Waals surface area contributed by atoms with Crippen LogP contribution in [-0.4, -0.2) is 44.3 Å². The number of rotatable bonds is 8. The molecule has 0 radical (unpaired) electrons. The van der Waals surface area contributed by atoms with Crippen molar-refractivity contribution >= 4 is 21.4 Å². The summed E-state index contributed by atoms with van der Waals surface area (Å²) < 4.78 is 54.6. The third kappa shape index (κ3) is 5.66. The molecule has 0 bridgehead atoms. The first-order valence-electron chi connectivity index (χ1n) is 8.82. The lowest BCUT2D eigenvalue weighted by molar-refractivity contribution is -0.113. The Kier molecular flexibility index (Phi) is 6.65. The van der Waals surface area contributed by atoms with Crippen molar-refractivity contribution < 1.29 is 31.8 Å². The van der Waals surface area contributed by atoms with E-state index in [2.05, 4.69) is 15.3 Å². The van der Waals surface area contributed by atoms with Gasteiger partial charge in [-0.25, -0.2) is 17.8 Å². The molecule has 0 unspecified atom stereocenters. The van der Waals surface area contributed by atoms with Gasteiger partial charge in [-0.3, -0.25) is 4.79 Å². The third-order valence-electron chi connectivity index (χ3n) is 3.90. The van der Waals surface area contributed by atoms with E-state index in [-0.39, 0.29) is 17.3 Å². The average molecular weight is 447 g/mol. The minimum atomic E-state index is -4.22. The van der Waals surface area contributed by atoms with Crippen molar-refractivity contribution in [3.05, 3.63) is 60.5 Å². The second-order valence-corrected chi connectivity index (χ2v) is 8.00. The van der Waals surface area contributed by atoms with Crippen molar-refractivity contribution in [1.29, 1.82) is 0 Å². The number of para-hydroxylation sites is 1. The van der Waals surface area contributed by atoms with Gasteiger partial charge >= 0.3 is 0 Å². The maximum Gasteiger partial charge on any atom is 0.250 e. The first kappa shape index (κ1) is 22.0. The molecule has 3 aromatic rings. The summed E-state index contributed by atoms with van der Waals surface area (Å²) in [6.45, 7) is 0. The van der Waals surface area contributed by atoms with Crippen molar-refractivity contribution in [2.45, 2.75) is 5.16 Å². The number of anilines is 1. The largest absolute Gasteiger partial charge is 0.496 e. The number of benzene rings is 2. The molecule has 0 fully saturated rings. The molecule has 11 heteroatoms. The highest BCUT2D eigenvalue weighted by Gasteiger charge is 2.24. The number of carbonyl (C=O) groups excluding carboxylic acids is 1. The van der Waals surface area contributed by atoms with Gasteiger partial charge in [-0.2, -0.15) is 4.98 Å². The fourth-order valence-electron chi connectivity index (χ4n) is 2.48. The zero-order chi connectivity index (χ0) is 22.4. The summed E-state index contributed by atoms with van der Waals surface area (Å²) in [6, 6.07) is 11.5. The Hall–Kier alpha value is -3.73. The molecular weight excluding hydrogens is 429 g/mol. The summed E-state index contributed by atoms with van der Waals surface area (Å²) in [7, 11) is -1.27. The highest BCUT2D eigenvalue weighted by molar-refractivity contribution is 7.92. The second-order valence-electron chi connectivity index (χ2n) is 6.11. The highest BCUT2D eigenvalue weighted by atomic mass is 32.2. The van der Waals surface area contributed by atoms with Crippen molar-refractivity contribution in [2.24, 2.45) is 0 Å². The van der Waals surface area contributed by atoms with Crippen LogP contribution in [0.15, 0.2) is 59.9 Å². The van der Waals surface area contributed by atoms with Crippen molar-refractivity contribution in [2.75, 3.05) is 25.3 Å². The number of amides is 1. The van der Waals surface area contributed by atoms with E-state index in [4.69, 9.17) is 14.2 Å². The Balaban J connectivity index is 1.77. The number of carbonyl (C=O) groups is 1. The van der Waals surface area contributed by atoms with E-state index in [1.54, 1.807) is 18.2 Å². The van der Waals surface area contributed by atoms with E-state index in [1.807, 2.05) is 0 Å². The molecule has 162 valence electrons. The van der Waals surface area contributed by atoms with Crippen LogP contribution in [0.25, 0.3) is 0 Å². The fraction of sp³-hybridized carbons (Fsp3) is 0.150. The lowest BCUT2D eigenvalue weighted by Gasteiger charge is -2.10. The van der Waals surface area contributed by atoms with Crippen LogP contribution in [0.3, 0.4) is 0 Å². The summed E-state index contributed by atoms with van der Waals surface area (Å²) >= 11 is 0. The van der Waals surface area contributed by atoms with E-state index in [1.165, 1.54) is 44.7 Å². The number of nitrogens with zero attached hydrogens (tertiary/aromatic N) is 2. The van der Waals surface area contributed by atoms with Crippen LogP contribution in [-0.2, 0) is 14.6 Å². The monoisotopic (exact) mass is 447 g/mol. The maximum absolute atomic E-state index is 13.7. The molecule has 2 aromatic carbocycles. The van der Waals surface area contributed by atoms with Gasteiger partial charge < -0.3 is 19.5 Å². The minimum absolute atomic E-state index is 0.0709. The Labute approximate surface area is 177 Å². The van der Waals surface area contributed by atoms with Gasteiger partial charge in [0.25, 0.3) is 5.16 Å². The summed E-state index contributed by atoms with van der Waals surface area (Å²) in [5.41, 5.74) is -0.132. The molecular formula is C20H18FN3O6S. The molecule has 0 atom stereocenters. The van der Waals surface area contributed by atoms with Gasteiger partial charge in [0.2, 0.25) is 21.6 Å². The van der Waals surface area contributed by atoms with E-state index in [0.29, 0.717) is 11.5 Å². The number of hydrogen-bond donors (Lipinski definition) is 1. The molecule has 31 heavy (non-hydrogen) atoms. The lowest BCUT2D eigenvalue weighted by atomic mass is 10.3. The fourth-order valence-corrected chi connectivity index (χ4v) is 3.48. The number of ether oxygens (including phenoxy) is 3. The quantitative estimate of drug-likeness (QED) is 0.524. The lowest BCUT2D eigenvalue weighted by Crippen LogP contribution is -2.24. The molecule has 1 heterocycles. The first-order valence-corrected chi connectivity index (χ1v) is 10.5. The minimum Gasteiger partial charge on any atom is -0.496 e. The molecule has 1 aromatic heterocycles. The van der Waals surface area contributed by atoms with Crippen LogP contribution in [0.2, 0.25) is 0 Å². The van der Waals surface area contributed by atoms with E-state index < -0.39 is 32.5 Å². The van der Waals surface area contributed by atoms with Crippen molar-refractivity contribution in [3.8, 4) is 23.1 Å². The first-order chi connectivity index (χ1) is 14.8. The standard InChI is InChI=1S/C20H18FN3O6S/c1-28-13-9-14(29-2)11-15(10-13)30-19-7-8-22-20(24-19)31(26,27)12-18(25)23-17-6-4-3-5-16(17)21/h3-11H,12H2,1-2H3,(H,23,25). The van der Waals surface area contributed by atoms with Crippen LogP contribution in [0.1, 0.15) is 0 Å². The van der Waals surface area contributed by atoms with Crippen LogP contribution in [0.4, 0.5) is 10.1 Å². The summed E-state index contributed by atoms with van der Waals surface area (Å²) in [6.07, 6.45) is 1.18. The van der Waals surface area contributed by atoms with Crippen LogP contribution in [0, 0.1) is 5.82 Å². The Morgan fingerprint density at radius 2 is 1.68 bits per heavy atom. The summed E-state index contributed by atoms with van der Waals surface area (Å²) in [5, 5.41) is 1.60. The second kappa shape index (κ2) is 9.39. The number of halogens is 1. The predicted molar refractivity (Wildman–Crippen MR) is 109 cm³/mol. The average Bonchev–Trinajstić information content (AvgIpc) is 2.75. The summed E-state index contributed by atoms with van der Waals surface area (Å²) in [5.74, 6) is -1.46. The number of sulfone groups is 1. The Morgan fingerprint density at radius 1 is 1.03 bits per heavy atom. The van der Waals surface area contributed by atoms with Crippen molar-refractivity contribution in [3.63, 3.8) is 0 Å². The molecule has 0 spiro atoms. The number of hydrogen-bond acceptors (Lipinski definition) is 8. The van der Waals surface area contributed by atoms with E-state index >= 15 is 0 Å². The van der Waals surface area contributed by atoms with Gasteiger partial charge in [0.1, 0.15) is 28.8 Å². The zero-order valence-corrected chi connectivity index (χ0v) is 17.3. The molecule has 0 aliphatic carbocycles. The molecule has 3 rings (SSSR count). The van der Waals surface area contributed by atoms with Gasteiger partial charge in [0, 0.05) is 30.5 Å². The molecule has 9 nitrogen and oxygen atoms in total. The predicted octanol–water partition coefficient (Wildman–Crippen LogP) is 2.84. The van der Waals surface area contributed by atoms with Gasteiger partial charge in [-0.1, -0.05) is 12.1 Å². The van der Waals surface area contributed by atoms with Crippen LogP contribution < -0.4 is 19.5 Å². The molecule has 0 saturated heterocycles. The molecule has 1 amide bonds. The van der Waals surface area contributed by atoms with Crippen LogP contribution >= 0.6 is 0 Å². The smallest absolute Gasteiger partial charge is 0.250 e. The number of methoxy groups -OCH3 is 2. The number of nitrogens with one attached hydrogen (secondary N) is 1. The van der Waals surface area contributed by atoms with E-state index in [0.717, 1.165) is 6.07 Å². The van der Waals surface area contributed by atoms with Gasteiger partial charge in [-0.15, -0.1) is 0 Å². The third-order valence-corrected chi connectivity index (χ3v) is 5.30. The van der Waals surface area contributed by atoms with Crippen LogP contribution in [0.5, 0.6) is 23.1 Å². The van der Waals surface area contributed by atoms with Crippen molar-refractivity contribution in [1.82, 2.24) is 9.97 Å². The molecule has 0 aliphatic heterocycles. The molecule has 0 saturated carbocycles. The summed E-state index contributed by atoms with van der Waals surface area (Å²) in [4.78, 5) is 19.7. The Bertz CT molecular complexity index is 1180. The molecule has 0 aliphatic rings. The molecule has 1 N–H and O–H groups in total. The topological polar surface area (TPSA) is 117 Å². The van der Waals surface area contributed by atoms with Gasteiger partial charge in [-0.05, 0) is 12.1 Å². The van der Waals surface area contributed by atoms with Gasteiger partial charge in [0.15, 0.2) is 0 Å². The van der Waals surface area contributed by atoms with Gasteiger partial charge in [0.05, 0.1) is 19.9 Å². The highest BCUT2D eigenvalue weighted by Crippen LogP contribution is 2.30. The number of aromatic nitrogens is 2. The zero-order valence-electron chi connectivity index (χ0n) is 16.5. The SMILES string of the molecule is COc1cc(OC)cc(Oc2ccnc(S(=O)(=O)CC(=O)Nc3ccccc3F)n2)c1.